The summed E-state index contributed by atoms with van der Waals surface area (Å²) in [5.41, 5.74) is 2.60. The molecule has 2 nitrogen and oxygen atoms in total. The fourth-order valence-corrected chi connectivity index (χ4v) is 1.07. The topological polar surface area (TPSA) is 37.3 Å². The van der Waals surface area contributed by atoms with Gasteiger partial charge < -0.3 is 5.11 Å². The van der Waals surface area contributed by atoms with E-state index in [0.717, 1.165) is 16.7 Å². The third-order valence-corrected chi connectivity index (χ3v) is 2.10. The summed E-state index contributed by atoms with van der Waals surface area (Å²) in [6, 6.07) is 7.47. The number of ketones is 1. The van der Waals surface area contributed by atoms with E-state index in [1.54, 1.807) is 13.8 Å². The van der Waals surface area contributed by atoms with Crippen LogP contribution in [0.4, 0.5) is 0 Å². The minimum Gasteiger partial charge on any atom is -0.392 e. The van der Waals surface area contributed by atoms with E-state index in [-0.39, 0.29) is 12.4 Å². The van der Waals surface area contributed by atoms with Crippen LogP contribution in [0.25, 0.3) is 6.08 Å². The van der Waals surface area contributed by atoms with Crippen LogP contribution in [0.3, 0.4) is 0 Å². The largest absolute Gasteiger partial charge is 0.392 e. The SMILES string of the molecule is CC(=O)/C(C)=C/c1ccc(CO)cc1. The average Bonchev–Trinajstić information content (AvgIpc) is 2.19. The van der Waals surface area contributed by atoms with Crippen molar-refractivity contribution in [3.8, 4) is 0 Å². The minimum atomic E-state index is 0.0513. The number of benzene rings is 1. The Bertz CT molecular complexity index is 347. The molecule has 2 heteroatoms. The van der Waals surface area contributed by atoms with Gasteiger partial charge in [0, 0.05) is 0 Å². The lowest BCUT2D eigenvalue weighted by Crippen LogP contribution is -1.90. The number of rotatable bonds is 3. The molecule has 0 heterocycles. The van der Waals surface area contributed by atoms with Crippen LogP contribution in [0.2, 0.25) is 0 Å². The molecule has 0 aliphatic rings. The van der Waals surface area contributed by atoms with Crippen molar-refractivity contribution in [1.29, 1.82) is 0 Å². The van der Waals surface area contributed by atoms with Crippen molar-refractivity contribution in [2.75, 3.05) is 0 Å². The smallest absolute Gasteiger partial charge is 0.155 e. The number of carbonyl (C=O) groups is 1. The molecule has 1 aromatic carbocycles. The summed E-state index contributed by atoms with van der Waals surface area (Å²) in [7, 11) is 0. The molecule has 0 saturated carbocycles. The van der Waals surface area contributed by atoms with Gasteiger partial charge in [-0.15, -0.1) is 0 Å². The van der Waals surface area contributed by atoms with E-state index in [1.165, 1.54) is 0 Å². The van der Waals surface area contributed by atoms with E-state index < -0.39 is 0 Å². The van der Waals surface area contributed by atoms with Gasteiger partial charge in [-0.05, 0) is 36.6 Å². The van der Waals surface area contributed by atoms with Crippen LogP contribution in [0.15, 0.2) is 29.8 Å². The van der Waals surface area contributed by atoms with Gasteiger partial charge in [-0.2, -0.15) is 0 Å². The molecule has 0 spiro atoms. The molecule has 0 aromatic heterocycles. The maximum atomic E-state index is 11.0. The Morgan fingerprint density at radius 1 is 1.29 bits per heavy atom. The highest BCUT2D eigenvalue weighted by Crippen LogP contribution is 2.09. The molecule has 1 N–H and O–H groups in total. The molecule has 1 aromatic rings. The van der Waals surface area contributed by atoms with Crippen LogP contribution >= 0.6 is 0 Å². The van der Waals surface area contributed by atoms with E-state index in [2.05, 4.69) is 0 Å². The van der Waals surface area contributed by atoms with Gasteiger partial charge >= 0.3 is 0 Å². The number of Topliss-reactive ketones (excluding diaryl/α,β-unsaturated/α-hetero) is 1. The fraction of sp³-hybridized carbons (Fsp3) is 0.250. The molecule has 0 amide bonds. The lowest BCUT2D eigenvalue weighted by Gasteiger charge is -1.98. The predicted molar refractivity (Wildman–Crippen MR) is 56.7 cm³/mol. The van der Waals surface area contributed by atoms with Gasteiger partial charge in [0.1, 0.15) is 0 Å². The molecule has 0 radical (unpaired) electrons. The van der Waals surface area contributed by atoms with Gasteiger partial charge in [-0.25, -0.2) is 0 Å². The Morgan fingerprint density at radius 2 is 1.86 bits per heavy atom. The zero-order chi connectivity index (χ0) is 10.6. The first-order valence-electron chi connectivity index (χ1n) is 4.52. The molecule has 0 saturated heterocycles. The van der Waals surface area contributed by atoms with Crippen LogP contribution in [0.1, 0.15) is 25.0 Å². The summed E-state index contributed by atoms with van der Waals surface area (Å²) in [5, 5.41) is 8.83. The molecule has 0 aliphatic heterocycles. The second kappa shape index (κ2) is 4.72. The van der Waals surface area contributed by atoms with Gasteiger partial charge in [0.25, 0.3) is 0 Å². The van der Waals surface area contributed by atoms with Gasteiger partial charge in [0.2, 0.25) is 0 Å². The van der Waals surface area contributed by atoms with Crippen molar-refractivity contribution in [2.45, 2.75) is 20.5 Å². The summed E-state index contributed by atoms with van der Waals surface area (Å²) in [6.07, 6.45) is 1.84. The summed E-state index contributed by atoms with van der Waals surface area (Å²) in [6.45, 7) is 3.39. The number of aliphatic hydroxyl groups excluding tert-OH is 1. The summed E-state index contributed by atoms with van der Waals surface area (Å²) >= 11 is 0. The number of hydrogen-bond donors (Lipinski definition) is 1. The van der Waals surface area contributed by atoms with Crippen molar-refractivity contribution in [2.24, 2.45) is 0 Å². The summed E-state index contributed by atoms with van der Waals surface area (Å²) in [5.74, 6) is 0.0798. The zero-order valence-corrected chi connectivity index (χ0v) is 8.45. The molecule has 0 fully saturated rings. The van der Waals surface area contributed by atoms with E-state index in [9.17, 15) is 4.79 Å². The molecule has 74 valence electrons. The first-order valence-corrected chi connectivity index (χ1v) is 4.52. The number of allylic oxidation sites excluding steroid dienone is 1. The maximum Gasteiger partial charge on any atom is 0.155 e. The monoisotopic (exact) mass is 190 g/mol. The van der Waals surface area contributed by atoms with E-state index in [0.29, 0.717) is 0 Å². The minimum absolute atomic E-state index is 0.0513. The third kappa shape index (κ3) is 2.82. The molecule has 1 rings (SSSR count). The van der Waals surface area contributed by atoms with Crippen molar-refractivity contribution in [3.05, 3.63) is 41.0 Å². The number of carbonyl (C=O) groups excluding carboxylic acids is 1. The first-order chi connectivity index (χ1) is 6.63. The average molecular weight is 190 g/mol. The predicted octanol–water partition coefficient (Wildman–Crippen LogP) is 2.17. The van der Waals surface area contributed by atoms with Gasteiger partial charge in [0.05, 0.1) is 6.61 Å². The van der Waals surface area contributed by atoms with Gasteiger partial charge in [0.15, 0.2) is 5.78 Å². The second-order valence-corrected chi connectivity index (χ2v) is 3.28. The van der Waals surface area contributed by atoms with Crippen molar-refractivity contribution < 1.29 is 9.90 Å². The Morgan fingerprint density at radius 3 is 2.29 bits per heavy atom. The highest BCUT2D eigenvalue weighted by atomic mass is 16.3. The lowest BCUT2D eigenvalue weighted by molar-refractivity contribution is -0.113. The van der Waals surface area contributed by atoms with Crippen LogP contribution in [-0.2, 0) is 11.4 Å². The molecule has 0 aliphatic carbocycles. The van der Waals surface area contributed by atoms with Crippen molar-refractivity contribution in [3.63, 3.8) is 0 Å². The van der Waals surface area contributed by atoms with Crippen LogP contribution in [-0.4, -0.2) is 10.9 Å². The Labute approximate surface area is 83.9 Å². The molecular formula is C12H14O2. The first kappa shape index (κ1) is 10.7. The molecule has 14 heavy (non-hydrogen) atoms. The van der Waals surface area contributed by atoms with E-state index in [4.69, 9.17) is 5.11 Å². The van der Waals surface area contributed by atoms with Crippen LogP contribution in [0.5, 0.6) is 0 Å². The lowest BCUT2D eigenvalue weighted by atomic mass is 10.1. The number of hydrogen-bond acceptors (Lipinski definition) is 2. The van der Waals surface area contributed by atoms with Crippen molar-refractivity contribution >= 4 is 11.9 Å². The Kier molecular flexibility index (Phi) is 3.60. The highest BCUT2D eigenvalue weighted by molar-refractivity contribution is 5.97. The molecule has 0 atom stereocenters. The summed E-state index contributed by atoms with van der Waals surface area (Å²) < 4.78 is 0. The highest BCUT2D eigenvalue weighted by Gasteiger charge is 1.96. The third-order valence-electron chi connectivity index (χ3n) is 2.10. The Hall–Kier alpha value is -1.41. The van der Waals surface area contributed by atoms with Gasteiger partial charge in [-0.3, -0.25) is 4.79 Å². The van der Waals surface area contributed by atoms with Crippen LogP contribution < -0.4 is 0 Å². The number of aliphatic hydroxyl groups is 1. The van der Waals surface area contributed by atoms with Gasteiger partial charge in [-0.1, -0.05) is 24.3 Å². The standard InChI is InChI=1S/C12H14O2/c1-9(10(2)14)7-11-3-5-12(8-13)6-4-11/h3-7,13H,8H2,1-2H3/b9-7+. The Balaban J connectivity index is 2.88. The van der Waals surface area contributed by atoms with Crippen LogP contribution in [0, 0.1) is 0 Å². The maximum absolute atomic E-state index is 11.0. The van der Waals surface area contributed by atoms with E-state index in [1.807, 2.05) is 30.3 Å². The quantitative estimate of drug-likeness (QED) is 0.742. The zero-order valence-electron chi connectivity index (χ0n) is 8.45. The molecule has 0 unspecified atom stereocenters. The van der Waals surface area contributed by atoms with E-state index >= 15 is 0 Å². The molecule has 0 bridgehead atoms. The molecular weight excluding hydrogens is 176 g/mol. The fourth-order valence-electron chi connectivity index (χ4n) is 1.07. The normalized spacial score (nSPS) is 11.5. The summed E-state index contributed by atoms with van der Waals surface area (Å²) in [4.78, 5) is 11.0. The van der Waals surface area contributed by atoms with Crippen molar-refractivity contribution in [1.82, 2.24) is 0 Å². The second-order valence-electron chi connectivity index (χ2n) is 3.28.